The Hall–Kier alpha value is -3.78. The molecule has 166 valence electrons. The molecule has 4 aromatic rings. The molecule has 1 amide bonds. The smallest absolute Gasteiger partial charge is 0.277 e. The average molecular weight is 460 g/mol. The number of rotatable bonds is 7. The van der Waals surface area contributed by atoms with Gasteiger partial charge in [0.15, 0.2) is 11.5 Å². The first-order chi connectivity index (χ1) is 16.2. The number of fused-ring (bicyclic) bond motifs is 1. The number of hydrogen-bond donors (Lipinski definition) is 1. The fourth-order valence-electron chi connectivity index (χ4n) is 3.50. The summed E-state index contributed by atoms with van der Waals surface area (Å²) < 4.78 is 16.4. The second-order valence-electron chi connectivity index (χ2n) is 7.51. The van der Waals surface area contributed by atoms with Gasteiger partial charge >= 0.3 is 0 Å². The fourth-order valence-corrected chi connectivity index (χ4v) is 4.08. The Labute approximate surface area is 195 Å². The minimum Gasteiger partial charge on any atom is -0.454 e. The fraction of sp³-hybridized carbons (Fsp3) is 0.160. The molecule has 1 aliphatic heterocycles. The van der Waals surface area contributed by atoms with Crippen molar-refractivity contribution in [1.82, 2.24) is 15.5 Å². The standard InChI is InChI=1S/C25H21N3O4S/c1-16(17-7-9-19(10-8-17)18-5-3-2-4-6-18)26-23(29)14-33-25-28-27-24(32-25)20-11-12-21-22(13-20)31-15-30-21/h2-13,16H,14-15H2,1H3,(H,26,29)/t16-/m0/s1. The Balaban J connectivity index is 1.15. The van der Waals surface area contributed by atoms with Gasteiger partial charge in [-0.05, 0) is 41.8 Å². The van der Waals surface area contributed by atoms with Gasteiger partial charge in [-0.2, -0.15) is 0 Å². The zero-order valence-corrected chi connectivity index (χ0v) is 18.7. The van der Waals surface area contributed by atoms with E-state index in [0.29, 0.717) is 22.6 Å². The largest absolute Gasteiger partial charge is 0.454 e. The molecule has 7 nitrogen and oxygen atoms in total. The van der Waals surface area contributed by atoms with Crippen molar-refractivity contribution in [2.45, 2.75) is 18.2 Å². The summed E-state index contributed by atoms with van der Waals surface area (Å²) in [7, 11) is 0. The zero-order valence-electron chi connectivity index (χ0n) is 17.9. The highest BCUT2D eigenvalue weighted by Crippen LogP contribution is 2.36. The molecule has 0 fully saturated rings. The maximum absolute atomic E-state index is 12.4. The summed E-state index contributed by atoms with van der Waals surface area (Å²) in [5, 5.41) is 11.4. The number of aromatic nitrogens is 2. The Morgan fingerprint density at radius 1 is 0.939 bits per heavy atom. The van der Waals surface area contributed by atoms with E-state index in [1.54, 1.807) is 12.1 Å². The van der Waals surface area contributed by atoms with Crippen LogP contribution in [0.5, 0.6) is 11.5 Å². The normalized spacial score (nSPS) is 13.0. The van der Waals surface area contributed by atoms with Crippen molar-refractivity contribution in [1.29, 1.82) is 0 Å². The highest BCUT2D eigenvalue weighted by Gasteiger charge is 2.18. The summed E-state index contributed by atoms with van der Waals surface area (Å²) in [6.45, 7) is 2.17. The van der Waals surface area contributed by atoms with Crippen molar-refractivity contribution in [3.8, 4) is 34.1 Å². The van der Waals surface area contributed by atoms with Crippen molar-refractivity contribution in [3.05, 3.63) is 78.4 Å². The van der Waals surface area contributed by atoms with Crippen molar-refractivity contribution >= 4 is 17.7 Å². The van der Waals surface area contributed by atoms with Gasteiger partial charge in [0.1, 0.15) is 0 Å². The maximum atomic E-state index is 12.4. The predicted molar refractivity (Wildman–Crippen MR) is 125 cm³/mol. The molecule has 5 rings (SSSR count). The molecule has 0 saturated carbocycles. The molecule has 0 radical (unpaired) electrons. The topological polar surface area (TPSA) is 86.5 Å². The number of carbonyl (C=O) groups is 1. The highest BCUT2D eigenvalue weighted by molar-refractivity contribution is 7.99. The molecular formula is C25H21N3O4S. The molecule has 0 aliphatic carbocycles. The summed E-state index contributed by atoms with van der Waals surface area (Å²) in [5.41, 5.74) is 4.08. The Morgan fingerprint density at radius 2 is 1.67 bits per heavy atom. The number of ether oxygens (including phenoxy) is 2. The van der Waals surface area contributed by atoms with Gasteiger partial charge in [-0.25, -0.2) is 0 Å². The van der Waals surface area contributed by atoms with Crippen LogP contribution in [0.4, 0.5) is 0 Å². The predicted octanol–water partition coefficient (Wildman–Crippen LogP) is 5.10. The van der Waals surface area contributed by atoms with Crippen molar-refractivity contribution in [3.63, 3.8) is 0 Å². The SMILES string of the molecule is C[C@H](NC(=O)CSc1nnc(-c2ccc3c(c2)OCO3)o1)c1ccc(-c2ccccc2)cc1. The summed E-state index contributed by atoms with van der Waals surface area (Å²) in [5.74, 6) is 1.76. The molecule has 1 N–H and O–H groups in total. The Kier molecular flexibility index (Phi) is 5.99. The first-order valence-corrected chi connectivity index (χ1v) is 11.5. The Morgan fingerprint density at radius 3 is 2.48 bits per heavy atom. The first kappa shape index (κ1) is 21.1. The highest BCUT2D eigenvalue weighted by atomic mass is 32.2. The molecule has 2 heterocycles. The van der Waals surface area contributed by atoms with Gasteiger partial charge in [0.25, 0.3) is 5.22 Å². The van der Waals surface area contributed by atoms with Crippen LogP contribution in [0.2, 0.25) is 0 Å². The average Bonchev–Trinajstić information content (AvgIpc) is 3.52. The number of nitrogens with zero attached hydrogens (tertiary/aromatic N) is 2. The molecule has 0 unspecified atom stereocenters. The second-order valence-corrected chi connectivity index (χ2v) is 8.43. The van der Waals surface area contributed by atoms with Crippen LogP contribution in [-0.4, -0.2) is 28.7 Å². The van der Waals surface area contributed by atoms with Gasteiger partial charge in [0, 0.05) is 5.56 Å². The van der Waals surface area contributed by atoms with Crippen molar-refractivity contribution in [2.75, 3.05) is 12.5 Å². The molecule has 0 saturated heterocycles. The quantitative estimate of drug-likeness (QED) is 0.385. The van der Waals surface area contributed by atoms with Crippen LogP contribution in [-0.2, 0) is 4.79 Å². The summed E-state index contributed by atoms with van der Waals surface area (Å²) >= 11 is 1.20. The minimum atomic E-state index is -0.116. The first-order valence-electron chi connectivity index (χ1n) is 10.5. The van der Waals surface area contributed by atoms with Gasteiger partial charge in [-0.3, -0.25) is 4.79 Å². The number of nitrogens with one attached hydrogen (secondary N) is 1. The molecule has 1 aliphatic rings. The summed E-state index contributed by atoms with van der Waals surface area (Å²) in [6, 6.07) is 23.7. The molecular weight excluding hydrogens is 438 g/mol. The van der Waals surface area contributed by atoms with Crippen LogP contribution in [0.25, 0.3) is 22.6 Å². The number of benzene rings is 3. The van der Waals surface area contributed by atoms with Gasteiger partial charge in [0.05, 0.1) is 11.8 Å². The molecule has 8 heteroatoms. The van der Waals surface area contributed by atoms with Gasteiger partial charge < -0.3 is 19.2 Å². The van der Waals surface area contributed by atoms with Gasteiger partial charge in [-0.1, -0.05) is 66.4 Å². The number of amides is 1. The lowest BCUT2D eigenvalue weighted by Gasteiger charge is -2.14. The third kappa shape index (κ3) is 4.85. The number of hydrogen-bond acceptors (Lipinski definition) is 7. The summed E-state index contributed by atoms with van der Waals surface area (Å²) in [4.78, 5) is 12.4. The lowest BCUT2D eigenvalue weighted by molar-refractivity contribution is -0.119. The van der Waals surface area contributed by atoms with E-state index < -0.39 is 0 Å². The van der Waals surface area contributed by atoms with Crippen LogP contribution in [0, 0.1) is 0 Å². The van der Waals surface area contributed by atoms with Crippen molar-refractivity contribution < 1.29 is 18.7 Å². The molecule has 0 bridgehead atoms. The molecule has 1 atom stereocenters. The molecule has 0 spiro atoms. The number of carbonyl (C=O) groups excluding carboxylic acids is 1. The third-order valence-electron chi connectivity index (χ3n) is 5.25. The minimum absolute atomic E-state index is 0.109. The summed E-state index contributed by atoms with van der Waals surface area (Å²) in [6.07, 6.45) is 0. The van der Waals surface area contributed by atoms with Crippen LogP contribution >= 0.6 is 11.8 Å². The van der Waals surface area contributed by atoms with Crippen LogP contribution < -0.4 is 14.8 Å². The maximum Gasteiger partial charge on any atom is 0.277 e. The molecule has 3 aromatic carbocycles. The van der Waals surface area contributed by atoms with Crippen LogP contribution in [0.3, 0.4) is 0 Å². The van der Waals surface area contributed by atoms with E-state index in [1.165, 1.54) is 11.8 Å². The van der Waals surface area contributed by atoms with E-state index in [-0.39, 0.29) is 24.5 Å². The zero-order chi connectivity index (χ0) is 22.6. The monoisotopic (exact) mass is 459 g/mol. The van der Waals surface area contributed by atoms with E-state index in [2.05, 4.69) is 39.8 Å². The number of thioether (sulfide) groups is 1. The van der Waals surface area contributed by atoms with Gasteiger partial charge in [-0.15, -0.1) is 10.2 Å². The van der Waals surface area contributed by atoms with Crippen molar-refractivity contribution in [2.24, 2.45) is 0 Å². The van der Waals surface area contributed by atoms with E-state index >= 15 is 0 Å². The van der Waals surface area contributed by atoms with E-state index in [0.717, 1.165) is 22.3 Å². The van der Waals surface area contributed by atoms with Crippen LogP contribution in [0.15, 0.2) is 82.4 Å². The molecule has 1 aromatic heterocycles. The Bertz CT molecular complexity index is 1260. The van der Waals surface area contributed by atoms with Gasteiger partial charge in [0.2, 0.25) is 18.6 Å². The second kappa shape index (κ2) is 9.38. The van der Waals surface area contributed by atoms with E-state index in [9.17, 15) is 4.79 Å². The van der Waals surface area contributed by atoms with E-state index in [4.69, 9.17) is 13.9 Å². The third-order valence-corrected chi connectivity index (χ3v) is 6.07. The molecule has 33 heavy (non-hydrogen) atoms. The lowest BCUT2D eigenvalue weighted by Crippen LogP contribution is -2.28. The lowest BCUT2D eigenvalue weighted by atomic mass is 10.0. The van der Waals surface area contributed by atoms with E-state index in [1.807, 2.05) is 43.3 Å². The van der Waals surface area contributed by atoms with Crippen LogP contribution in [0.1, 0.15) is 18.5 Å².